The van der Waals surface area contributed by atoms with Gasteiger partial charge in [-0.25, -0.2) is 4.79 Å². The third kappa shape index (κ3) is 5.99. The van der Waals surface area contributed by atoms with Crippen molar-refractivity contribution in [1.82, 2.24) is 5.32 Å². The fraction of sp³-hybridized carbons (Fsp3) is 0.250. The van der Waals surface area contributed by atoms with Crippen molar-refractivity contribution in [2.75, 3.05) is 0 Å². The first kappa shape index (κ1) is 16.8. The molecule has 2 aromatic carbocycles. The summed E-state index contributed by atoms with van der Waals surface area (Å²) in [5.74, 6) is 0. The third-order valence-electron chi connectivity index (χ3n) is 3.52. The molecule has 0 saturated carbocycles. The summed E-state index contributed by atoms with van der Waals surface area (Å²) in [5, 5.41) is 2.86. The molecule has 2 rings (SSSR count). The van der Waals surface area contributed by atoms with E-state index in [0.717, 1.165) is 18.4 Å². The summed E-state index contributed by atoms with van der Waals surface area (Å²) in [5.41, 5.74) is 3.41. The van der Waals surface area contributed by atoms with Crippen molar-refractivity contribution in [1.29, 1.82) is 0 Å². The molecular weight excluding hydrogens is 286 g/mol. The minimum absolute atomic E-state index is 0.0172. The average molecular weight is 309 g/mol. The van der Waals surface area contributed by atoms with Gasteiger partial charge < -0.3 is 10.1 Å². The molecule has 0 aliphatic rings. The summed E-state index contributed by atoms with van der Waals surface area (Å²) in [6, 6.07) is 18.0. The molecule has 0 bridgehead atoms. The number of allylic oxidation sites excluding steroid dienone is 1. The van der Waals surface area contributed by atoms with E-state index in [1.54, 1.807) is 0 Å². The number of rotatable bonds is 7. The lowest BCUT2D eigenvalue weighted by atomic mass is 10.0. The number of hydrogen-bond acceptors (Lipinski definition) is 2. The maximum atomic E-state index is 11.8. The molecule has 0 heterocycles. The Labute approximate surface area is 138 Å². The van der Waals surface area contributed by atoms with Crippen LogP contribution in [0, 0.1) is 0 Å². The van der Waals surface area contributed by atoms with Gasteiger partial charge in [0.15, 0.2) is 0 Å². The number of benzene rings is 2. The molecular formula is C20H23NO2. The first-order chi connectivity index (χ1) is 11.2. The van der Waals surface area contributed by atoms with Crippen LogP contribution in [0.5, 0.6) is 0 Å². The largest absolute Gasteiger partial charge is 0.445 e. The number of carbonyl (C=O) groups is 1. The predicted molar refractivity (Wildman–Crippen MR) is 93.3 cm³/mol. The van der Waals surface area contributed by atoms with Crippen LogP contribution in [0.1, 0.15) is 23.6 Å². The number of alkyl carbamates (subject to hydrolysis) is 1. The van der Waals surface area contributed by atoms with Gasteiger partial charge in [-0.15, -0.1) is 6.58 Å². The van der Waals surface area contributed by atoms with Gasteiger partial charge in [0.2, 0.25) is 0 Å². The quantitative estimate of drug-likeness (QED) is 0.776. The monoisotopic (exact) mass is 309 g/mol. The van der Waals surface area contributed by atoms with E-state index in [4.69, 9.17) is 4.74 Å². The van der Waals surface area contributed by atoms with Crippen LogP contribution in [0.2, 0.25) is 0 Å². The summed E-state index contributed by atoms with van der Waals surface area (Å²) in [6.07, 6.45) is 3.15. The zero-order valence-electron chi connectivity index (χ0n) is 13.5. The first-order valence-corrected chi connectivity index (χ1v) is 7.83. The van der Waals surface area contributed by atoms with Crippen molar-refractivity contribution in [3.8, 4) is 0 Å². The molecule has 1 amide bonds. The predicted octanol–water partition coefficient (Wildman–Crippen LogP) is 4.27. The van der Waals surface area contributed by atoms with Gasteiger partial charge in [0, 0.05) is 6.04 Å². The molecule has 1 N–H and O–H groups in total. The lowest BCUT2D eigenvalue weighted by Crippen LogP contribution is -2.34. The average Bonchev–Trinajstić information content (AvgIpc) is 2.56. The summed E-state index contributed by atoms with van der Waals surface area (Å²) in [7, 11) is 0. The summed E-state index contributed by atoms with van der Waals surface area (Å²) in [4.78, 5) is 11.8. The van der Waals surface area contributed by atoms with Gasteiger partial charge >= 0.3 is 6.09 Å². The topological polar surface area (TPSA) is 38.3 Å². The maximum Gasteiger partial charge on any atom is 0.407 e. The molecule has 0 spiro atoms. The van der Waals surface area contributed by atoms with Crippen LogP contribution >= 0.6 is 0 Å². The molecule has 0 aliphatic heterocycles. The lowest BCUT2D eigenvalue weighted by Gasteiger charge is -2.14. The highest BCUT2D eigenvalue weighted by molar-refractivity contribution is 5.67. The van der Waals surface area contributed by atoms with Gasteiger partial charge in [-0.05, 0) is 36.5 Å². The number of nitrogens with one attached hydrogen (secondary N) is 1. The van der Waals surface area contributed by atoms with E-state index in [1.807, 2.05) is 43.3 Å². The molecule has 3 heteroatoms. The fourth-order valence-corrected chi connectivity index (χ4v) is 2.35. The third-order valence-corrected chi connectivity index (χ3v) is 3.52. The zero-order chi connectivity index (χ0) is 16.5. The zero-order valence-corrected chi connectivity index (χ0v) is 13.5. The molecule has 2 aromatic rings. The number of amides is 1. The fourth-order valence-electron chi connectivity index (χ4n) is 2.35. The van der Waals surface area contributed by atoms with Gasteiger partial charge in [0.25, 0.3) is 0 Å². The van der Waals surface area contributed by atoms with Crippen LogP contribution < -0.4 is 5.32 Å². The lowest BCUT2D eigenvalue weighted by molar-refractivity contribution is 0.136. The Morgan fingerprint density at radius 2 is 1.74 bits per heavy atom. The Balaban J connectivity index is 1.76. The highest BCUT2D eigenvalue weighted by Gasteiger charge is 2.09. The van der Waals surface area contributed by atoms with Gasteiger partial charge in [-0.2, -0.15) is 0 Å². The summed E-state index contributed by atoms with van der Waals surface area (Å²) < 4.78 is 5.23. The molecule has 0 aliphatic carbocycles. The van der Waals surface area contributed by atoms with E-state index in [0.29, 0.717) is 0 Å². The van der Waals surface area contributed by atoms with Gasteiger partial charge in [0.1, 0.15) is 6.61 Å². The highest BCUT2D eigenvalue weighted by atomic mass is 16.5. The maximum absolute atomic E-state index is 11.8. The van der Waals surface area contributed by atoms with E-state index >= 15 is 0 Å². The molecule has 1 atom stereocenters. The van der Waals surface area contributed by atoms with Gasteiger partial charge in [-0.1, -0.05) is 60.7 Å². The van der Waals surface area contributed by atoms with Crippen LogP contribution in [0.3, 0.4) is 0 Å². The van der Waals surface area contributed by atoms with Crippen molar-refractivity contribution < 1.29 is 9.53 Å². The van der Waals surface area contributed by atoms with Gasteiger partial charge in [0.05, 0.1) is 0 Å². The normalized spacial score (nSPS) is 11.5. The van der Waals surface area contributed by atoms with Crippen LogP contribution in [0.25, 0.3) is 0 Å². The number of ether oxygens (including phenoxy) is 1. The van der Waals surface area contributed by atoms with E-state index in [9.17, 15) is 4.79 Å². The van der Waals surface area contributed by atoms with E-state index < -0.39 is 0 Å². The highest BCUT2D eigenvalue weighted by Crippen LogP contribution is 2.08. The molecule has 0 radical (unpaired) electrons. The second-order valence-corrected chi connectivity index (χ2v) is 5.62. The minimum Gasteiger partial charge on any atom is -0.445 e. The van der Waals surface area contributed by atoms with Crippen molar-refractivity contribution in [2.45, 2.75) is 32.4 Å². The number of carbonyl (C=O) groups excluding carboxylic acids is 1. The van der Waals surface area contributed by atoms with Crippen molar-refractivity contribution in [3.05, 3.63) is 83.9 Å². The Morgan fingerprint density at radius 3 is 2.39 bits per heavy atom. The van der Waals surface area contributed by atoms with Crippen molar-refractivity contribution >= 4 is 6.09 Å². The molecule has 0 aromatic heterocycles. The smallest absolute Gasteiger partial charge is 0.407 e. The SMILES string of the molecule is C=CCc1ccc(CC(C)NC(=O)OCc2ccccc2)cc1. The van der Waals surface area contributed by atoms with E-state index in [-0.39, 0.29) is 18.7 Å². The van der Waals surface area contributed by atoms with Crippen LogP contribution in [0.4, 0.5) is 4.79 Å². The second-order valence-electron chi connectivity index (χ2n) is 5.62. The Morgan fingerprint density at radius 1 is 1.09 bits per heavy atom. The number of hydrogen-bond donors (Lipinski definition) is 1. The molecule has 1 unspecified atom stereocenters. The molecule has 23 heavy (non-hydrogen) atoms. The molecule has 120 valence electrons. The van der Waals surface area contributed by atoms with Crippen LogP contribution in [-0.2, 0) is 24.2 Å². The summed E-state index contributed by atoms with van der Waals surface area (Å²) in [6.45, 7) is 6.00. The van der Waals surface area contributed by atoms with E-state index in [1.165, 1.54) is 11.1 Å². The van der Waals surface area contributed by atoms with Crippen LogP contribution in [-0.4, -0.2) is 12.1 Å². The Hall–Kier alpha value is -2.55. The van der Waals surface area contributed by atoms with Crippen molar-refractivity contribution in [2.24, 2.45) is 0 Å². The molecule has 0 fully saturated rings. The Bertz CT molecular complexity index is 620. The summed E-state index contributed by atoms with van der Waals surface area (Å²) >= 11 is 0. The first-order valence-electron chi connectivity index (χ1n) is 7.83. The van der Waals surface area contributed by atoms with Gasteiger partial charge in [-0.3, -0.25) is 0 Å². The van der Waals surface area contributed by atoms with E-state index in [2.05, 4.69) is 36.2 Å². The Kier molecular flexibility index (Phi) is 6.42. The van der Waals surface area contributed by atoms with Crippen molar-refractivity contribution in [3.63, 3.8) is 0 Å². The molecule has 3 nitrogen and oxygen atoms in total. The molecule has 0 saturated heterocycles. The minimum atomic E-state index is -0.385. The standard InChI is InChI=1S/C20H23NO2/c1-3-7-17-10-12-18(13-11-17)14-16(2)21-20(22)23-15-19-8-5-4-6-9-19/h3-6,8-13,16H,1,7,14-15H2,2H3,(H,21,22). The van der Waals surface area contributed by atoms with Crippen LogP contribution in [0.15, 0.2) is 67.3 Å². The second kappa shape index (κ2) is 8.79.